The van der Waals surface area contributed by atoms with Crippen LogP contribution in [0.2, 0.25) is 0 Å². The van der Waals surface area contributed by atoms with Crippen molar-refractivity contribution >= 4 is 15.7 Å². The highest BCUT2D eigenvalue weighted by Crippen LogP contribution is 2.27. The summed E-state index contributed by atoms with van der Waals surface area (Å²) in [5.41, 5.74) is 6.01. The van der Waals surface area contributed by atoms with Crippen molar-refractivity contribution in [3.63, 3.8) is 0 Å². The van der Waals surface area contributed by atoms with E-state index in [1.807, 2.05) is 13.8 Å². The molecule has 1 unspecified atom stereocenters. The van der Waals surface area contributed by atoms with Crippen LogP contribution in [0.4, 0.5) is 10.1 Å². The SMILES string of the molecule is COCC(NS(=O)(=O)c1c(C)cc(F)c(N)c1C)C(C)C. The van der Waals surface area contributed by atoms with Crippen molar-refractivity contribution in [1.82, 2.24) is 4.72 Å². The van der Waals surface area contributed by atoms with Gasteiger partial charge in [-0.2, -0.15) is 0 Å². The van der Waals surface area contributed by atoms with Gasteiger partial charge < -0.3 is 10.5 Å². The minimum absolute atomic E-state index is 0.0307. The van der Waals surface area contributed by atoms with E-state index in [0.717, 1.165) is 6.07 Å². The van der Waals surface area contributed by atoms with Crippen LogP contribution in [0, 0.1) is 25.6 Å². The second-order valence-corrected chi connectivity index (χ2v) is 7.12. The van der Waals surface area contributed by atoms with Crippen LogP contribution in [0.5, 0.6) is 0 Å². The molecule has 0 heterocycles. The Bertz CT molecular complexity index is 615. The Morgan fingerprint density at radius 1 is 1.38 bits per heavy atom. The van der Waals surface area contributed by atoms with Crippen LogP contribution in [-0.4, -0.2) is 28.2 Å². The Hall–Kier alpha value is -1.18. The molecule has 7 heteroatoms. The molecule has 0 saturated heterocycles. The molecular weight excluding hydrogens is 295 g/mol. The summed E-state index contributed by atoms with van der Waals surface area (Å²) in [4.78, 5) is 0.0307. The summed E-state index contributed by atoms with van der Waals surface area (Å²) in [6.07, 6.45) is 0. The van der Waals surface area contributed by atoms with Crippen LogP contribution in [0.1, 0.15) is 25.0 Å². The first kappa shape index (κ1) is 17.9. The van der Waals surface area contributed by atoms with Crippen LogP contribution in [0.3, 0.4) is 0 Å². The number of sulfonamides is 1. The molecule has 0 fully saturated rings. The number of hydrogen-bond acceptors (Lipinski definition) is 4. The largest absolute Gasteiger partial charge is 0.396 e. The smallest absolute Gasteiger partial charge is 0.241 e. The van der Waals surface area contributed by atoms with E-state index in [9.17, 15) is 12.8 Å². The van der Waals surface area contributed by atoms with Gasteiger partial charge in [0.05, 0.1) is 17.2 Å². The van der Waals surface area contributed by atoms with Gasteiger partial charge in [0, 0.05) is 13.2 Å². The van der Waals surface area contributed by atoms with E-state index in [2.05, 4.69) is 4.72 Å². The van der Waals surface area contributed by atoms with Crippen molar-refractivity contribution in [3.8, 4) is 0 Å². The molecule has 5 nitrogen and oxygen atoms in total. The van der Waals surface area contributed by atoms with E-state index in [1.54, 1.807) is 6.92 Å². The van der Waals surface area contributed by atoms with Gasteiger partial charge in [-0.15, -0.1) is 0 Å². The lowest BCUT2D eigenvalue weighted by Gasteiger charge is -2.23. The average molecular weight is 318 g/mol. The number of nitrogens with two attached hydrogens (primary N) is 1. The highest BCUT2D eigenvalue weighted by molar-refractivity contribution is 7.89. The van der Waals surface area contributed by atoms with E-state index >= 15 is 0 Å². The Morgan fingerprint density at radius 3 is 2.43 bits per heavy atom. The minimum atomic E-state index is -3.80. The number of rotatable bonds is 6. The molecule has 0 bridgehead atoms. The normalized spacial score (nSPS) is 13.7. The van der Waals surface area contributed by atoms with Gasteiger partial charge in [-0.25, -0.2) is 17.5 Å². The zero-order chi connectivity index (χ0) is 16.4. The standard InChI is InChI=1S/C14H23FN2O3S/c1-8(2)12(7-20-5)17-21(18,19)14-9(3)6-11(15)13(16)10(14)4/h6,8,12,17H,7,16H2,1-5H3. The molecule has 21 heavy (non-hydrogen) atoms. The van der Waals surface area contributed by atoms with Gasteiger partial charge in [0.15, 0.2) is 0 Å². The summed E-state index contributed by atoms with van der Waals surface area (Å²) in [6.45, 7) is 7.09. The molecule has 0 aliphatic carbocycles. The Labute approximate surface area is 125 Å². The minimum Gasteiger partial charge on any atom is -0.396 e. The fraction of sp³-hybridized carbons (Fsp3) is 0.571. The quantitative estimate of drug-likeness (QED) is 0.786. The van der Waals surface area contributed by atoms with Crippen molar-refractivity contribution in [2.75, 3.05) is 19.5 Å². The molecule has 0 aliphatic heterocycles. The van der Waals surface area contributed by atoms with Gasteiger partial charge in [-0.1, -0.05) is 13.8 Å². The van der Waals surface area contributed by atoms with E-state index < -0.39 is 15.8 Å². The number of halogens is 1. The van der Waals surface area contributed by atoms with Crippen molar-refractivity contribution in [2.24, 2.45) is 5.92 Å². The molecule has 1 atom stereocenters. The summed E-state index contributed by atoms with van der Waals surface area (Å²) in [6, 6.07) is 0.766. The topological polar surface area (TPSA) is 81.4 Å². The molecule has 0 aliphatic rings. The average Bonchev–Trinajstić information content (AvgIpc) is 2.34. The number of methoxy groups -OCH3 is 1. The lowest BCUT2D eigenvalue weighted by atomic mass is 10.1. The molecule has 0 spiro atoms. The number of anilines is 1. The predicted molar refractivity (Wildman–Crippen MR) is 81.1 cm³/mol. The molecule has 0 aromatic heterocycles. The fourth-order valence-electron chi connectivity index (χ4n) is 2.14. The maximum absolute atomic E-state index is 13.6. The Balaban J connectivity index is 3.29. The van der Waals surface area contributed by atoms with E-state index in [-0.39, 0.29) is 34.7 Å². The Kier molecular flexibility index (Phi) is 5.72. The van der Waals surface area contributed by atoms with Gasteiger partial charge in [-0.3, -0.25) is 0 Å². The first-order chi connectivity index (χ1) is 9.61. The van der Waals surface area contributed by atoms with E-state index in [0.29, 0.717) is 5.56 Å². The van der Waals surface area contributed by atoms with Crippen molar-refractivity contribution in [1.29, 1.82) is 0 Å². The molecule has 0 radical (unpaired) electrons. The number of aryl methyl sites for hydroxylation is 1. The van der Waals surface area contributed by atoms with Crippen LogP contribution < -0.4 is 10.5 Å². The number of benzene rings is 1. The summed E-state index contributed by atoms with van der Waals surface area (Å²) in [7, 11) is -2.29. The van der Waals surface area contributed by atoms with E-state index in [1.165, 1.54) is 14.0 Å². The highest BCUT2D eigenvalue weighted by atomic mass is 32.2. The maximum Gasteiger partial charge on any atom is 0.241 e. The number of hydrogen-bond donors (Lipinski definition) is 2. The van der Waals surface area contributed by atoms with Crippen molar-refractivity contribution < 1.29 is 17.5 Å². The summed E-state index contributed by atoms with van der Waals surface area (Å²) in [5.74, 6) is -0.556. The maximum atomic E-state index is 13.6. The molecule has 3 N–H and O–H groups in total. The second-order valence-electron chi connectivity index (χ2n) is 5.47. The zero-order valence-electron chi connectivity index (χ0n) is 13.0. The Morgan fingerprint density at radius 2 is 1.95 bits per heavy atom. The monoisotopic (exact) mass is 318 g/mol. The molecule has 1 aromatic rings. The number of ether oxygens (including phenoxy) is 1. The first-order valence-electron chi connectivity index (χ1n) is 6.68. The van der Waals surface area contributed by atoms with Crippen LogP contribution in [-0.2, 0) is 14.8 Å². The molecule has 0 amide bonds. The number of nitrogen functional groups attached to an aromatic ring is 1. The lowest BCUT2D eigenvalue weighted by Crippen LogP contribution is -2.42. The van der Waals surface area contributed by atoms with Gasteiger partial charge in [0.2, 0.25) is 10.0 Å². The number of nitrogens with one attached hydrogen (secondary N) is 1. The molecular formula is C14H23FN2O3S. The molecule has 120 valence electrons. The third-order valence-corrected chi connectivity index (χ3v) is 5.21. The van der Waals surface area contributed by atoms with Gasteiger partial charge >= 0.3 is 0 Å². The van der Waals surface area contributed by atoms with Crippen LogP contribution >= 0.6 is 0 Å². The molecule has 1 rings (SSSR count). The van der Waals surface area contributed by atoms with Crippen molar-refractivity contribution in [2.45, 2.75) is 38.6 Å². The lowest BCUT2D eigenvalue weighted by molar-refractivity contribution is 0.157. The summed E-state index contributed by atoms with van der Waals surface area (Å²) in [5, 5.41) is 0. The summed E-state index contributed by atoms with van der Waals surface area (Å²) >= 11 is 0. The summed E-state index contributed by atoms with van der Waals surface area (Å²) < 4.78 is 46.4. The van der Waals surface area contributed by atoms with Crippen LogP contribution in [0.25, 0.3) is 0 Å². The van der Waals surface area contributed by atoms with Gasteiger partial charge in [0.25, 0.3) is 0 Å². The predicted octanol–water partition coefficient (Wildman–Crippen LogP) is 1.97. The molecule has 1 aromatic carbocycles. The van der Waals surface area contributed by atoms with Crippen molar-refractivity contribution in [3.05, 3.63) is 23.0 Å². The van der Waals surface area contributed by atoms with Gasteiger partial charge in [-0.05, 0) is 37.0 Å². The van der Waals surface area contributed by atoms with Gasteiger partial charge in [0.1, 0.15) is 5.82 Å². The second kappa shape index (κ2) is 6.72. The zero-order valence-corrected chi connectivity index (χ0v) is 13.8. The third kappa shape index (κ3) is 3.93. The third-order valence-electron chi connectivity index (χ3n) is 3.43. The highest BCUT2D eigenvalue weighted by Gasteiger charge is 2.27. The van der Waals surface area contributed by atoms with E-state index in [4.69, 9.17) is 10.5 Å². The molecule has 0 saturated carbocycles. The fourth-order valence-corrected chi connectivity index (χ4v) is 4.00. The van der Waals surface area contributed by atoms with Crippen LogP contribution in [0.15, 0.2) is 11.0 Å². The first-order valence-corrected chi connectivity index (χ1v) is 8.16.